The Morgan fingerprint density at radius 1 is 1.25 bits per heavy atom. The minimum absolute atomic E-state index is 0.102. The topological polar surface area (TPSA) is 45.2 Å². The molecule has 0 bridgehead atoms. The van der Waals surface area contributed by atoms with Crippen LogP contribution in [0.4, 0.5) is 5.69 Å². The third-order valence-corrected chi connectivity index (χ3v) is 2.25. The van der Waals surface area contributed by atoms with E-state index in [1.165, 1.54) is 0 Å². The van der Waals surface area contributed by atoms with Crippen LogP contribution in [-0.2, 0) is 0 Å². The molecule has 0 spiro atoms. The van der Waals surface area contributed by atoms with Gasteiger partial charge in [-0.15, -0.1) is 0 Å². The maximum absolute atomic E-state index is 12.1. The van der Waals surface area contributed by atoms with Crippen molar-refractivity contribution in [3.05, 3.63) is 53.9 Å². The minimum atomic E-state index is -0.102. The summed E-state index contributed by atoms with van der Waals surface area (Å²) < 4.78 is 0. The minimum Gasteiger partial charge on any atom is -0.359 e. The Balaban J connectivity index is 2.48. The van der Waals surface area contributed by atoms with Crippen LogP contribution in [-0.4, -0.2) is 15.9 Å². The summed E-state index contributed by atoms with van der Waals surface area (Å²) >= 11 is 4.54. The van der Waals surface area contributed by atoms with Crippen LogP contribution in [0.25, 0.3) is 0 Å². The maximum Gasteiger partial charge on any atom is 0.211 e. The van der Waals surface area contributed by atoms with Gasteiger partial charge in [-0.2, -0.15) is 4.99 Å². The number of para-hydroxylation sites is 1. The van der Waals surface area contributed by atoms with Crippen LogP contribution in [0.5, 0.6) is 0 Å². The van der Waals surface area contributed by atoms with Crippen molar-refractivity contribution in [3.8, 4) is 0 Å². The molecule has 2 aromatic rings. The Morgan fingerprint density at radius 3 is 2.75 bits per heavy atom. The Labute approximate surface area is 97.8 Å². The highest BCUT2D eigenvalue weighted by Gasteiger charge is 2.12. The molecule has 0 atom stereocenters. The van der Waals surface area contributed by atoms with E-state index in [2.05, 4.69) is 27.4 Å². The third kappa shape index (κ3) is 1.98. The lowest BCUT2D eigenvalue weighted by molar-refractivity contribution is 0.103. The lowest BCUT2D eigenvalue weighted by Gasteiger charge is -2.01. The molecule has 0 aliphatic heterocycles. The number of nitrogens with zero attached hydrogens (tertiary/aromatic N) is 1. The number of ketones is 1. The van der Waals surface area contributed by atoms with Crippen LogP contribution >= 0.6 is 12.2 Å². The van der Waals surface area contributed by atoms with Gasteiger partial charge in [0.1, 0.15) is 0 Å². The van der Waals surface area contributed by atoms with Crippen molar-refractivity contribution in [2.75, 3.05) is 0 Å². The largest absolute Gasteiger partial charge is 0.359 e. The zero-order valence-corrected chi connectivity index (χ0v) is 9.12. The number of aliphatic imine (C=N–C) groups is 1. The first kappa shape index (κ1) is 10.5. The lowest BCUT2D eigenvalue weighted by atomic mass is 10.1. The van der Waals surface area contributed by atoms with Gasteiger partial charge in [0.2, 0.25) is 5.78 Å². The number of hydrogen-bond acceptors (Lipinski definition) is 3. The van der Waals surface area contributed by atoms with Gasteiger partial charge in [0.15, 0.2) is 0 Å². The van der Waals surface area contributed by atoms with E-state index in [9.17, 15) is 4.79 Å². The molecule has 0 amide bonds. The summed E-state index contributed by atoms with van der Waals surface area (Å²) in [6.45, 7) is 0. The fraction of sp³-hybridized carbons (Fsp3) is 0. The number of carbonyl (C=O) groups is 1. The van der Waals surface area contributed by atoms with Crippen molar-refractivity contribution >= 4 is 28.8 Å². The van der Waals surface area contributed by atoms with E-state index in [4.69, 9.17) is 0 Å². The number of hydrogen-bond donors (Lipinski definition) is 1. The second-order valence-corrected chi connectivity index (χ2v) is 3.32. The predicted octanol–water partition coefficient (Wildman–Crippen LogP) is 2.98. The molecule has 0 aliphatic rings. The molecule has 0 saturated carbocycles. The summed E-state index contributed by atoms with van der Waals surface area (Å²) in [7, 11) is 0. The molecule has 3 nitrogen and oxygen atoms in total. The lowest BCUT2D eigenvalue weighted by Crippen LogP contribution is -2.01. The standard InChI is InChI=1S/C12H8N2OS/c15-12(11-6-3-7-13-11)9-4-1-2-5-10(9)14-8-16/h1-7,13H. The Morgan fingerprint density at radius 2 is 2.06 bits per heavy atom. The Hall–Kier alpha value is -2.03. The zero-order valence-electron chi connectivity index (χ0n) is 8.31. The fourth-order valence-corrected chi connectivity index (χ4v) is 1.53. The van der Waals surface area contributed by atoms with Gasteiger partial charge in [-0.25, -0.2) is 0 Å². The van der Waals surface area contributed by atoms with E-state index < -0.39 is 0 Å². The Bertz CT molecular complexity index is 554. The average molecular weight is 228 g/mol. The van der Waals surface area contributed by atoms with Crippen molar-refractivity contribution in [2.45, 2.75) is 0 Å². The number of thiocarbonyl (C=S) groups is 1. The summed E-state index contributed by atoms with van der Waals surface area (Å²) in [5.74, 6) is -0.102. The van der Waals surface area contributed by atoms with Crippen LogP contribution in [0, 0.1) is 0 Å². The molecule has 0 unspecified atom stereocenters. The van der Waals surface area contributed by atoms with Gasteiger partial charge in [-0.3, -0.25) is 4.79 Å². The number of isothiocyanates is 1. The highest BCUT2D eigenvalue weighted by Crippen LogP contribution is 2.20. The monoisotopic (exact) mass is 228 g/mol. The highest BCUT2D eigenvalue weighted by atomic mass is 32.1. The summed E-state index contributed by atoms with van der Waals surface area (Å²) in [5, 5.41) is 2.27. The first-order chi connectivity index (χ1) is 7.83. The van der Waals surface area contributed by atoms with Crippen molar-refractivity contribution in [1.82, 2.24) is 4.98 Å². The summed E-state index contributed by atoms with van der Waals surface area (Å²) in [6, 6.07) is 10.5. The molecular weight excluding hydrogens is 220 g/mol. The van der Waals surface area contributed by atoms with Crippen LogP contribution in [0.1, 0.15) is 16.1 Å². The van der Waals surface area contributed by atoms with Crippen LogP contribution in [0.2, 0.25) is 0 Å². The highest BCUT2D eigenvalue weighted by molar-refractivity contribution is 7.78. The van der Waals surface area contributed by atoms with Gasteiger partial charge in [-0.05, 0) is 36.5 Å². The van der Waals surface area contributed by atoms with E-state index >= 15 is 0 Å². The summed E-state index contributed by atoms with van der Waals surface area (Å²) in [4.78, 5) is 18.8. The molecule has 1 aromatic heterocycles. The molecule has 78 valence electrons. The smallest absolute Gasteiger partial charge is 0.211 e. The molecule has 2 rings (SSSR count). The van der Waals surface area contributed by atoms with E-state index in [0.29, 0.717) is 16.9 Å². The van der Waals surface area contributed by atoms with Gasteiger partial charge >= 0.3 is 0 Å². The summed E-state index contributed by atoms with van der Waals surface area (Å²) in [6.07, 6.45) is 1.71. The van der Waals surface area contributed by atoms with Crippen LogP contribution in [0.3, 0.4) is 0 Å². The fourth-order valence-electron chi connectivity index (χ4n) is 1.43. The SMILES string of the molecule is O=C(c1ccc[nH]1)c1ccccc1N=C=S. The van der Waals surface area contributed by atoms with Crippen molar-refractivity contribution < 1.29 is 4.79 Å². The van der Waals surface area contributed by atoms with Crippen LogP contribution in [0.15, 0.2) is 47.6 Å². The van der Waals surface area contributed by atoms with Gasteiger partial charge < -0.3 is 4.98 Å². The molecule has 1 aromatic carbocycles. The predicted molar refractivity (Wildman–Crippen MR) is 65.4 cm³/mol. The van der Waals surface area contributed by atoms with E-state index in [1.807, 2.05) is 0 Å². The van der Waals surface area contributed by atoms with Gasteiger partial charge in [0.25, 0.3) is 0 Å². The molecule has 1 heterocycles. The third-order valence-electron chi connectivity index (χ3n) is 2.16. The first-order valence-electron chi connectivity index (χ1n) is 4.68. The zero-order chi connectivity index (χ0) is 11.4. The van der Waals surface area contributed by atoms with Crippen LogP contribution < -0.4 is 0 Å². The number of benzene rings is 1. The number of aromatic amines is 1. The molecule has 0 aliphatic carbocycles. The van der Waals surface area contributed by atoms with E-state index in [0.717, 1.165) is 0 Å². The maximum atomic E-state index is 12.1. The molecule has 0 fully saturated rings. The van der Waals surface area contributed by atoms with E-state index in [-0.39, 0.29) is 5.78 Å². The Kier molecular flexibility index (Phi) is 3.05. The average Bonchev–Trinajstić information content (AvgIpc) is 2.83. The molecule has 16 heavy (non-hydrogen) atoms. The van der Waals surface area contributed by atoms with Crippen molar-refractivity contribution in [1.29, 1.82) is 0 Å². The number of nitrogens with one attached hydrogen (secondary N) is 1. The van der Waals surface area contributed by atoms with Gasteiger partial charge in [0.05, 0.1) is 22.1 Å². The molecule has 1 N–H and O–H groups in total. The first-order valence-corrected chi connectivity index (χ1v) is 5.09. The van der Waals surface area contributed by atoms with Gasteiger partial charge in [0, 0.05) is 6.20 Å². The number of H-pyrrole nitrogens is 1. The van der Waals surface area contributed by atoms with E-state index in [1.54, 1.807) is 42.6 Å². The van der Waals surface area contributed by atoms with Gasteiger partial charge in [-0.1, -0.05) is 12.1 Å². The van der Waals surface area contributed by atoms with Crippen molar-refractivity contribution in [3.63, 3.8) is 0 Å². The summed E-state index contributed by atoms with van der Waals surface area (Å²) in [5.41, 5.74) is 1.59. The molecule has 4 heteroatoms. The number of rotatable bonds is 3. The molecule has 0 saturated heterocycles. The quantitative estimate of drug-likeness (QED) is 0.498. The second kappa shape index (κ2) is 4.66. The normalized spacial score (nSPS) is 9.50. The number of carbonyl (C=O) groups excluding carboxylic acids is 1. The molecule has 0 radical (unpaired) electrons. The molecular formula is C12H8N2OS. The van der Waals surface area contributed by atoms with Crippen molar-refractivity contribution in [2.24, 2.45) is 4.99 Å². The number of aromatic nitrogens is 1. The second-order valence-electron chi connectivity index (χ2n) is 3.13.